The Bertz CT molecular complexity index is 383. The van der Waals surface area contributed by atoms with Crippen molar-refractivity contribution >= 4 is 28.5 Å². The number of amides is 1. The molecule has 2 heterocycles. The summed E-state index contributed by atoms with van der Waals surface area (Å²) in [4.78, 5) is 17.6. The molecule has 1 saturated heterocycles. The number of aliphatic hydroxyl groups is 1. The second-order valence-corrected chi connectivity index (χ2v) is 4.83. The highest BCUT2D eigenvalue weighted by atomic mass is 127. The standard InChI is InChI=1S/C10H11IN2O2/c11-8-3-7(4-12-5-8)10(15)13-2-1-9(14)6-13/h3-5,9,14H,1-2,6H2/t9-/m0/s1. The van der Waals surface area contributed by atoms with Gasteiger partial charge in [0, 0.05) is 29.1 Å². The average Bonchev–Trinajstić information content (AvgIpc) is 2.64. The second kappa shape index (κ2) is 4.44. The summed E-state index contributed by atoms with van der Waals surface area (Å²) >= 11 is 2.12. The Morgan fingerprint density at radius 3 is 3.00 bits per heavy atom. The van der Waals surface area contributed by atoms with Crippen LogP contribution in [-0.2, 0) is 0 Å². The van der Waals surface area contributed by atoms with Crippen molar-refractivity contribution in [2.24, 2.45) is 0 Å². The van der Waals surface area contributed by atoms with E-state index >= 15 is 0 Å². The molecule has 1 atom stereocenters. The normalized spacial score (nSPS) is 20.7. The summed E-state index contributed by atoms with van der Waals surface area (Å²) < 4.78 is 0.943. The van der Waals surface area contributed by atoms with Crippen LogP contribution >= 0.6 is 22.6 Å². The molecule has 80 valence electrons. The zero-order valence-corrected chi connectivity index (χ0v) is 10.2. The lowest BCUT2D eigenvalue weighted by atomic mass is 10.2. The van der Waals surface area contributed by atoms with E-state index in [1.54, 1.807) is 23.4 Å². The van der Waals surface area contributed by atoms with Crippen LogP contribution in [0.25, 0.3) is 0 Å². The molecule has 4 nitrogen and oxygen atoms in total. The first-order valence-corrected chi connectivity index (χ1v) is 5.82. The van der Waals surface area contributed by atoms with E-state index in [-0.39, 0.29) is 12.0 Å². The molecule has 5 heteroatoms. The van der Waals surface area contributed by atoms with Gasteiger partial charge in [-0.25, -0.2) is 0 Å². The van der Waals surface area contributed by atoms with E-state index in [1.165, 1.54) is 0 Å². The molecule has 1 aromatic heterocycles. The number of aliphatic hydroxyl groups excluding tert-OH is 1. The monoisotopic (exact) mass is 318 g/mol. The van der Waals surface area contributed by atoms with Crippen molar-refractivity contribution in [2.45, 2.75) is 12.5 Å². The Morgan fingerprint density at radius 1 is 1.60 bits per heavy atom. The van der Waals surface area contributed by atoms with Crippen molar-refractivity contribution < 1.29 is 9.90 Å². The van der Waals surface area contributed by atoms with E-state index in [0.717, 1.165) is 3.57 Å². The van der Waals surface area contributed by atoms with Gasteiger partial charge in [-0.1, -0.05) is 0 Å². The zero-order chi connectivity index (χ0) is 10.8. The minimum atomic E-state index is -0.371. The van der Waals surface area contributed by atoms with E-state index < -0.39 is 0 Å². The molecule has 0 aromatic carbocycles. The molecule has 0 saturated carbocycles. The Labute approximate surface area is 101 Å². The van der Waals surface area contributed by atoms with Gasteiger partial charge in [0.05, 0.1) is 11.7 Å². The van der Waals surface area contributed by atoms with Gasteiger partial charge in [-0.2, -0.15) is 0 Å². The van der Waals surface area contributed by atoms with Crippen molar-refractivity contribution in [3.63, 3.8) is 0 Å². The quantitative estimate of drug-likeness (QED) is 0.783. The molecule has 1 fully saturated rings. The predicted octanol–water partition coefficient (Wildman–Crippen LogP) is 0.893. The maximum Gasteiger partial charge on any atom is 0.255 e. The first-order valence-electron chi connectivity index (χ1n) is 4.74. The van der Waals surface area contributed by atoms with Gasteiger partial charge in [0.25, 0.3) is 5.91 Å². The molecule has 0 bridgehead atoms. The van der Waals surface area contributed by atoms with Crippen LogP contribution in [-0.4, -0.2) is 40.1 Å². The molecule has 1 N–H and O–H groups in total. The lowest BCUT2D eigenvalue weighted by Crippen LogP contribution is -2.29. The number of carbonyl (C=O) groups excluding carboxylic acids is 1. The van der Waals surface area contributed by atoms with Crippen molar-refractivity contribution in [3.05, 3.63) is 27.6 Å². The molecule has 0 radical (unpaired) electrons. The predicted molar refractivity (Wildman–Crippen MR) is 63.5 cm³/mol. The van der Waals surface area contributed by atoms with E-state index in [9.17, 15) is 9.90 Å². The Morgan fingerprint density at radius 2 is 2.40 bits per heavy atom. The summed E-state index contributed by atoms with van der Waals surface area (Å²) in [6.45, 7) is 1.07. The Balaban J connectivity index is 2.14. The van der Waals surface area contributed by atoms with E-state index in [1.807, 2.05) is 0 Å². The minimum absolute atomic E-state index is 0.0439. The SMILES string of the molecule is O=C(c1cncc(I)c1)N1CC[C@H](O)C1. The highest BCUT2D eigenvalue weighted by Crippen LogP contribution is 2.14. The molecule has 1 amide bonds. The van der Waals surface area contributed by atoms with Gasteiger partial charge < -0.3 is 10.0 Å². The zero-order valence-electron chi connectivity index (χ0n) is 8.06. The fourth-order valence-electron chi connectivity index (χ4n) is 1.64. The third kappa shape index (κ3) is 2.46. The number of hydrogen-bond acceptors (Lipinski definition) is 3. The first kappa shape index (κ1) is 10.8. The van der Waals surface area contributed by atoms with Crippen molar-refractivity contribution in [2.75, 3.05) is 13.1 Å². The van der Waals surface area contributed by atoms with Crippen LogP contribution in [0.15, 0.2) is 18.5 Å². The molecule has 2 rings (SSSR count). The number of hydrogen-bond donors (Lipinski definition) is 1. The second-order valence-electron chi connectivity index (χ2n) is 3.59. The van der Waals surface area contributed by atoms with E-state index in [0.29, 0.717) is 25.1 Å². The van der Waals surface area contributed by atoms with Crippen molar-refractivity contribution in [1.82, 2.24) is 9.88 Å². The third-order valence-corrected chi connectivity index (χ3v) is 2.99. The topological polar surface area (TPSA) is 53.4 Å². The lowest BCUT2D eigenvalue weighted by molar-refractivity contribution is 0.0764. The van der Waals surface area contributed by atoms with Gasteiger partial charge in [-0.3, -0.25) is 9.78 Å². The molecular formula is C10H11IN2O2. The van der Waals surface area contributed by atoms with Crippen LogP contribution in [0.3, 0.4) is 0 Å². The van der Waals surface area contributed by atoms with Gasteiger partial charge in [-0.05, 0) is 35.1 Å². The van der Waals surface area contributed by atoms with Gasteiger partial charge in [0.2, 0.25) is 0 Å². The largest absolute Gasteiger partial charge is 0.391 e. The third-order valence-electron chi connectivity index (χ3n) is 2.40. The summed E-state index contributed by atoms with van der Waals surface area (Å²) in [5.41, 5.74) is 0.594. The smallest absolute Gasteiger partial charge is 0.255 e. The molecule has 15 heavy (non-hydrogen) atoms. The Hall–Kier alpha value is -0.690. The summed E-state index contributed by atoms with van der Waals surface area (Å²) in [5.74, 6) is -0.0439. The van der Waals surface area contributed by atoms with Gasteiger partial charge >= 0.3 is 0 Å². The van der Waals surface area contributed by atoms with E-state index in [4.69, 9.17) is 0 Å². The van der Waals surface area contributed by atoms with Crippen molar-refractivity contribution in [3.8, 4) is 0 Å². The number of likely N-dealkylation sites (tertiary alicyclic amines) is 1. The molecule has 0 aliphatic carbocycles. The molecule has 1 aliphatic rings. The maximum atomic E-state index is 11.9. The summed E-state index contributed by atoms with van der Waals surface area (Å²) in [6, 6.07) is 1.81. The number of carbonyl (C=O) groups is 1. The molecule has 0 unspecified atom stereocenters. The van der Waals surface area contributed by atoms with Gasteiger partial charge in [-0.15, -0.1) is 0 Å². The first-order chi connectivity index (χ1) is 7.16. The van der Waals surface area contributed by atoms with Crippen LogP contribution in [0, 0.1) is 3.57 Å². The molecule has 0 spiro atoms. The number of rotatable bonds is 1. The summed E-state index contributed by atoms with van der Waals surface area (Å²) in [5, 5.41) is 9.34. The summed E-state index contributed by atoms with van der Waals surface area (Å²) in [7, 11) is 0. The molecule has 1 aliphatic heterocycles. The highest BCUT2D eigenvalue weighted by molar-refractivity contribution is 14.1. The number of nitrogens with zero attached hydrogens (tertiary/aromatic N) is 2. The van der Waals surface area contributed by atoms with Crippen LogP contribution in [0.1, 0.15) is 16.8 Å². The Kier molecular flexibility index (Phi) is 3.20. The molecule has 1 aromatic rings. The van der Waals surface area contributed by atoms with Crippen LogP contribution < -0.4 is 0 Å². The van der Waals surface area contributed by atoms with Gasteiger partial charge in [0.15, 0.2) is 0 Å². The summed E-state index contributed by atoms with van der Waals surface area (Å²) in [6.07, 6.45) is 3.57. The average molecular weight is 318 g/mol. The lowest BCUT2D eigenvalue weighted by Gasteiger charge is -2.15. The fraction of sp³-hybridized carbons (Fsp3) is 0.400. The van der Waals surface area contributed by atoms with Crippen LogP contribution in [0.5, 0.6) is 0 Å². The number of pyridine rings is 1. The van der Waals surface area contributed by atoms with E-state index in [2.05, 4.69) is 27.6 Å². The van der Waals surface area contributed by atoms with Crippen LogP contribution in [0.4, 0.5) is 0 Å². The molecular weight excluding hydrogens is 307 g/mol. The maximum absolute atomic E-state index is 11.9. The number of β-amino-alcohol motifs (C(OH)–C–C–N with tert-alkyl or cyclic N) is 1. The van der Waals surface area contributed by atoms with Crippen LogP contribution in [0.2, 0.25) is 0 Å². The van der Waals surface area contributed by atoms with Crippen molar-refractivity contribution in [1.29, 1.82) is 0 Å². The number of aromatic nitrogens is 1. The fourth-order valence-corrected chi connectivity index (χ4v) is 2.13. The number of halogens is 1. The highest BCUT2D eigenvalue weighted by Gasteiger charge is 2.25. The minimum Gasteiger partial charge on any atom is -0.391 e. The van der Waals surface area contributed by atoms with Gasteiger partial charge in [0.1, 0.15) is 0 Å².